The number of amides is 2. The molecule has 0 spiro atoms. The number of rotatable bonds is 20. The van der Waals surface area contributed by atoms with Crippen molar-refractivity contribution in [3.8, 4) is 0 Å². The lowest BCUT2D eigenvalue weighted by atomic mass is 10.0. The van der Waals surface area contributed by atoms with Gasteiger partial charge in [-0.1, -0.05) is 59.1 Å². The number of carbonyl (C=O) groups is 3. The largest absolute Gasteiger partial charge is 0.444 e. The summed E-state index contributed by atoms with van der Waals surface area (Å²) in [5, 5.41) is 7.76. The molecule has 4 N–H and O–H groups in total. The first kappa shape index (κ1) is 59.0. The Kier molecular flexibility index (Phi) is 19.2. The Hall–Kier alpha value is -8.18. The third kappa shape index (κ3) is 16.5. The van der Waals surface area contributed by atoms with Gasteiger partial charge in [0.1, 0.15) is 62.0 Å². The van der Waals surface area contributed by atoms with Crippen LogP contribution in [0, 0.1) is 11.6 Å². The monoisotopic (exact) mass is 1140 g/mol. The summed E-state index contributed by atoms with van der Waals surface area (Å²) in [4.78, 5) is 83.7. The molecule has 424 valence electrons. The van der Waals surface area contributed by atoms with Crippen molar-refractivity contribution < 1.29 is 32.6 Å². The van der Waals surface area contributed by atoms with Crippen LogP contribution in [0.5, 0.6) is 0 Å². The van der Waals surface area contributed by atoms with Crippen molar-refractivity contribution in [1.82, 2.24) is 49.7 Å². The van der Waals surface area contributed by atoms with Crippen LogP contribution in [-0.2, 0) is 53.0 Å². The highest BCUT2D eigenvalue weighted by molar-refractivity contribution is 7.18. The summed E-state index contributed by atoms with van der Waals surface area (Å²) < 4.78 is 39.4. The Balaban J connectivity index is 0.000000212. The fourth-order valence-electron chi connectivity index (χ4n) is 8.74. The van der Waals surface area contributed by atoms with Gasteiger partial charge in [-0.25, -0.2) is 48.3 Å². The highest BCUT2D eigenvalue weighted by Crippen LogP contribution is 2.31. The molecule has 2 aromatic carbocycles. The van der Waals surface area contributed by atoms with Crippen molar-refractivity contribution in [3.63, 3.8) is 0 Å². The van der Waals surface area contributed by atoms with Gasteiger partial charge in [-0.05, 0) is 103 Å². The zero-order valence-electron chi connectivity index (χ0n) is 46.6. The van der Waals surface area contributed by atoms with Gasteiger partial charge in [-0.15, -0.1) is 0 Å². The molecule has 0 aliphatic carbocycles. The molecule has 1 aliphatic rings. The number of aliphatic imine (C=N–C) groups is 1. The fourth-order valence-corrected chi connectivity index (χ4v) is 10.5. The molecule has 2 amide bonds. The Morgan fingerprint density at radius 2 is 1.17 bits per heavy atom. The molecule has 8 aromatic rings. The van der Waals surface area contributed by atoms with Gasteiger partial charge in [0, 0.05) is 87.5 Å². The number of carbonyl (C=O) groups excluding carboxylic acids is 3. The summed E-state index contributed by atoms with van der Waals surface area (Å²) in [6, 6.07) is 20.6. The predicted octanol–water partition coefficient (Wildman–Crippen LogP) is 11.3. The summed E-state index contributed by atoms with van der Waals surface area (Å²) in [6.45, 7) is 15.9. The molecule has 81 heavy (non-hydrogen) atoms. The van der Waals surface area contributed by atoms with Crippen molar-refractivity contribution in [1.29, 1.82) is 0 Å². The van der Waals surface area contributed by atoms with E-state index in [0.717, 1.165) is 33.4 Å². The molecule has 1 aliphatic heterocycles. The summed E-state index contributed by atoms with van der Waals surface area (Å²) in [6.07, 6.45) is 7.79. The van der Waals surface area contributed by atoms with Crippen LogP contribution in [0.25, 0.3) is 20.7 Å². The molecule has 2 atom stereocenters. The molecule has 6 aromatic heterocycles. The minimum Gasteiger partial charge on any atom is -0.444 e. The normalized spacial score (nSPS) is 12.9. The summed E-state index contributed by atoms with van der Waals surface area (Å²) >= 11 is 2.83. The Bertz CT molecular complexity index is 3530. The van der Waals surface area contributed by atoms with E-state index < -0.39 is 29.2 Å². The zero-order valence-corrected chi connectivity index (χ0v) is 48.2. The zero-order chi connectivity index (χ0) is 57.8. The van der Waals surface area contributed by atoms with E-state index in [1.165, 1.54) is 65.3 Å². The van der Waals surface area contributed by atoms with Gasteiger partial charge < -0.3 is 35.6 Å². The van der Waals surface area contributed by atoms with Gasteiger partial charge in [-0.2, -0.15) is 0 Å². The predicted molar refractivity (Wildman–Crippen MR) is 312 cm³/mol. The second kappa shape index (κ2) is 26.4. The Labute approximate surface area is 477 Å². The summed E-state index contributed by atoms with van der Waals surface area (Å²) in [7, 11) is 0. The number of para-hydroxylation sites is 2. The second-order valence-corrected chi connectivity index (χ2v) is 23.5. The highest BCUT2D eigenvalue weighted by atomic mass is 32.1. The number of nitrogen functional groups attached to an aromatic ring is 1. The van der Waals surface area contributed by atoms with E-state index in [-0.39, 0.29) is 61.9 Å². The van der Waals surface area contributed by atoms with Gasteiger partial charge >= 0.3 is 12.2 Å². The van der Waals surface area contributed by atoms with Crippen molar-refractivity contribution in [2.45, 2.75) is 130 Å². The molecular weight excluding hydrogens is 1070 g/mol. The number of ketones is 1. The number of fused-ring (bicyclic) bond motifs is 3. The number of nitrogens with zero attached hydrogens (tertiary/aromatic N) is 11. The molecule has 0 fully saturated rings. The van der Waals surface area contributed by atoms with Crippen LogP contribution in [0.15, 0.2) is 103 Å². The number of nitrogens with one attached hydrogen (secondary N) is 2. The molecule has 2 unspecified atom stereocenters. The molecule has 23 heteroatoms. The molecular formula is C58H66F2N14O5S2. The van der Waals surface area contributed by atoms with E-state index in [9.17, 15) is 23.2 Å². The van der Waals surface area contributed by atoms with E-state index in [1.54, 1.807) is 48.9 Å². The van der Waals surface area contributed by atoms with Crippen LogP contribution >= 0.6 is 22.7 Å². The summed E-state index contributed by atoms with van der Waals surface area (Å²) in [5.41, 5.74) is 11.0. The van der Waals surface area contributed by atoms with Crippen molar-refractivity contribution in [2.75, 3.05) is 29.5 Å². The summed E-state index contributed by atoms with van der Waals surface area (Å²) in [5.74, 6) is 0.146. The molecule has 19 nitrogen and oxygen atoms in total. The second-order valence-electron chi connectivity index (χ2n) is 21.4. The average molecular weight is 1140 g/mol. The number of Topliss-reactive ketones (excluding diaryl/α,β-unsaturated/α-hetero) is 1. The minimum atomic E-state index is -0.698. The number of benzene rings is 2. The van der Waals surface area contributed by atoms with Gasteiger partial charge in [0.05, 0.1) is 40.2 Å². The maximum Gasteiger partial charge on any atom is 0.410 e. The van der Waals surface area contributed by atoms with Crippen molar-refractivity contribution in [2.24, 2.45) is 4.99 Å². The standard InChI is InChI=1S/C29H34FN7O3S.C29H32FN7O2S/c1-18(14-20(38)15-19-8-5-6-10-22(19)31)37(28(39)40-29(2,3)4)13-11-24-36-25-26(34-17-35-27(25)41-24)33-16-23-21(30)9-7-12-32-23;1-18(14-20-15-19-8-5-6-10-22(19)35-20)37(28(38)39-29(2,3)4)13-11-24-36-25-26(33-17-34-27(25)40-24)32-16-23-21(30)9-7-12-31-23/h5-10,12,17-18H,11,13-16,31H2,1-4H3,(H,33,34,35);5-10,12,17-18H,11,13-16H2,1-4H3,(H,32,33,34). The van der Waals surface area contributed by atoms with Gasteiger partial charge in [0.2, 0.25) is 0 Å². The number of hydrogen-bond donors (Lipinski definition) is 3. The maximum atomic E-state index is 14.0. The first-order chi connectivity index (χ1) is 38.7. The maximum absolute atomic E-state index is 14.0. The van der Waals surface area contributed by atoms with Crippen LogP contribution in [-0.4, -0.2) is 110 Å². The first-order valence-electron chi connectivity index (χ1n) is 26.5. The van der Waals surface area contributed by atoms with Crippen molar-refractivity contribution in [3.05, 3.63) is 142 Å². The molecule has 7 heterocycles. The fraction of sp³-hybridized carbons (Fsp3) is 0.379. The molecule has 9 rings (SSSR count). The molecule has 0 saturated heterocycles. The topological polar surface area (TPSA) is 242 Å². The van der Waals surface area contributed by atoms with Gasteiger partial charge in [0.25, 0.3) is 0 Å². The van der Waals surface area contributed by atoms with E-state index in [2.05, 4.69) is 46.6 Å². The van der Waals surface area contributed by atoms with E-state index in [1.807, 2.05) is 71.0 Å². The minimum absolute atomic E-state index is 0.0284. The number of ether oxygens (including phenoxy) is 2. The van der Waals surface area contributed by atoms with Gasteiger partial charge in [0.15, 0.2) is 11.6 Å². The number of halogens is 2. The third-order valence-electron chi connectivity index (χ3n) is 12.6. The lowest BCUT2D eigenvalue weighted by molar-refractivity contribution is -0.119. The Morgan fingerprint density at radius 3 is 1.68 bits per heavy atom. The number of pyridine rings is 2. The van der Waals surface area contributed by atoms with Crippen LogP contribution < -0.4 is 16.4 Å². The molecule has 0 radical (unpaired) electrons. The number of thiazole rings is 2. The van der Waals surface area contributed by atoms with E-state index >= 15 is 0 Å². The SMILES string of the molecule is CC(CC(=O)Cc1ccccc1N)N(CCc1nc2c(NCc3ncccc3F)ncnc2s1)C(=O)OC(C)(C)C.CC(CC1=Nc2ccccc2C1)N(CCc1nc2c(NCc3ncccc3F)ncnc2s1)C(=O)OC(C)(C)C. The molecule has 0 bridgehead atoms. The van der Waals surface area contributed by atoms with E-state index in [0.29, 0.717) is 69.5 Å². The lowest BCUT2D eigenvalue weighted by Gasteiger charge is -2.31. The molecule has 0 saturated carbocycles. The number of anilines is 3. The van der Waals surface area contributed by atoms with Crippen LogP contribution in [0.4, 0.5) is 41.4 Å². The van der Waals surface area contributed by atoms with Crippen LogP contribution in [0.3, 0.4) is 0 Å². The smallest absolute Gasteiger partial charge is 0.410 e. The highest BCUT2D eigenvalue weighted by Gasteiger charge is 2.30. The quantitative estimate of drug-likeness (QED) is 0.0601. The third-order valence-corrected chi connectivity index (χ3v) is 14.7. The average Bonchev–Trinajstić information content (AvgIpc) is 4.18. The van der Waals surface area contributed by atoms with Crippen LogP contribution in [0.2, 0.25) is 0 Å². The number of aromatic nitrogens is 8. The van der Waals surface area contributed by atoms with Crippen LogP contribution in [0.1, 0.15) is 101 Å². The Morgan fingerprint density at radius 1 is 0.667 bits per heavy atom. The number of hydrogen-bond acceptors (Lipinski definition) is 19. The van der Waals surface area contributed by atoms with Crippen molar-refractivity contribution >= 4 is 90.1 Å². The first-order valence-corrected chi connectivity index (χ1v) is 28.2. The lowest BCUT2D eigenvalue weighted by Crippen LogP contribution is -2.44. The number of nitrogens with two attached hydrogens (primary N) is 1. The van der Waals surface area contributed by atoms with E-state index in [4.69, 9.17) is 30.2 Å². The van der Waals surface area contributed by atoms with Gasteiger partial charge in [-0.3, -0.25) is 19.8 Å².